The second-order valence-corrected chi connectivity index (χ2v) is 6.80. The van der Waals surface area contributed by atoms with Crippen LogP contribution in [0, 0.1) is 5.41 Å². The van der Waals surface area contributed by atoms with Gasteiger partial charge in [-0.25, -0.2) is 4.98 Å². The highest BCUT2D eigenvalue weighted by Crippen LogP contribution is 2.30. The van der Waals surface area contributed by atoms with Gasteiger partial charge in [0.2, 0.25) is 0 Å². The Morgan fingerprint density at radius 3 is 2.64 bits per heavy atom. The number of aromatic nitrogens is 1. The highest BCUT2D eigenvalue weighted by molar-refractivity contribution is 14.0. The summed E-state index contributed by atoms with van der Waals surface area (Å²) in [6.45, 7) is 6.43. The number of nitrogens with one attached hydrogen (secondary N) is 1. The van der Waals surface area contributed by atoms with Crippen LogP contribution in [0.1, 0.15) is 31.0 Å². The summed E-state index contributed by atoms with van der Waals surface area (Å²) in [5.41, 5.74) is -0.594. The first-order valence-electron chi connectivity index (χ1n) is 6.68. The van der Waals surface area contributed by atoms with Crippen molar-refractivity contribution in [1.82, 2.24) is 15.2 Å². The molecular formula is C13H20F3IN4S. The number of nitrogens with zero attached hydrogens (tertiary/aromatic N) is 3. The van der Waals surface area contributed by atoms with Crippen molar-refractivity contribution in [3.63, 3.8) is 0 Å². The Morgan fingerprint density at radius 1 is 1.50 bits per heavy atom. The van der Waals surface area contributed by atoms with Crippen LogP contribution in [0.4, 0.5) is 13.2 Å². The first-order valence-corrected chi connectivity index (χ1v) is 7.56. The fourth-order valence-electron chi connectivity index (χ4n) is 2.30. The predicted octanol–water partition coefficient (Wildman–Crippen LogP) is 3.59. The maximum absolute atomic E-state index is 12.5. The first kappa shape index (κ1) is 19.5. The molecule has 0 spiro atoms. The number of halogens is 4. The van der Waals surface area contributed by atoms with Gasteiger partial charge in [0.15, 0.2) is 11.7 Å². The number of aliphatic imine (C=N–C) groups is 1. The van der Waals surface area contributed by atoms with Gasteiger partial charge in [-0.05, 0) is 11.8 Å². The lowest BCUT2D eigenvalue weighted by atomic mass is 9.93. The fraction of sp³-hybridized carbons (Fsp3) is 0.692. The van der Waals surface area contributed by atoms with Gasteiger partial charge in [0.05, 0.1) is 6.54 Å². The Morgan fingerprint density at radius 2 is 2.18 bits per heavy atom. The van der Waals surface area contributed by atoms with Crippen LogP contribution in [0.25, 0.3) is 0 Å². The molecule has 1 aliphatic heterocycles. The molecule has 1 N–H and O–H groups in total. The summed E-state index contributed by atoms with van der Waals surface area (Å²) < 4.78 is 37.5. The van der Waals surface area contributed by atoms with Crippen molar-refractivity contribution in [3.8, 4) is 0 Å². The summed E-state index contributed by atoms with van der Waals surface area (Å²) in [5.74, 6) is 0.712. The van der Waals surface area contributed by atoms with Gasteiger partial charge >= 0.3 is 6.18 Å². The average Bonchev–Trinajstić information content (AvgIpc) is 2.96. The molecule has 9 heteroatoms. The van der Waals surface area contributed by atoms with Gasteiger partial charge in [0.1, 0.15) is 5.01 Å². The van der Waals surface area contributed by atoms with Crippen LogP contribution in [0.5, 0.6) is 0 Å². The Bertz CT molecular complexity index is 528. The molecule has 0 amide bonds. The standard InChI is InChI=1S/C13H19F3N4S.HI/c1-12(2)4-5-20(8-12)11(17-3)18-6-10-19-9(7-21-10)13(14,15)16;/h7H,4-6,8H2,1-3H3,(H,17,18);1H. The number of alkyl halides is 3. The van der Waals surface area contributed by atoms with Crippen LogP contribution in [-0.2, 0) is 12.7 Å². The minimum atomic E-state index is -4.38. The van der Waals surface area contributed by atoms with Crippen LogP contribution in [-0.4, -0.2) is 36.0 Å². The molecular weight excluding hydrogens is 428 g/mol. The second kappa shape index (κ2) is 7.33. The fourth-order valence-corrected chi connectivity index (χ4v) is 3.04. The van der Waals surface area contributed by atoms with Crippen LogP contribution in [0.15, 0.2) is 10.4 Å². The molecule has 1 aromatic rings. The summed E-state index contributed by atoms with van der Waals surface area (Å²) in [5, 5.41) is 4.53. The van der Waals surface area contributed by atoms with Gasteiger partial charge in [-0.3, -0.25) is 4.99 Å². The van der Waals surface area contributed by atoms with Crippen molar-refractivity contribution in [2.45, 2.75) is 33.0 Å². The number of likely N-dealkylation sites (tertiary alicyclic amines) is 1. The molecule has 0 aromatic carbocycles. The largest absolute Gasteiger partial charge is 0.434 e. The average molecular weight is 448 g/mol. The molecule has 0 atom stereocenters. The third-order valence-electron chi connectivity index (χ3n) is 3.43. The van der Waals surface area contributed by atoms with Crippen molar-refractivity contribution < 1.29 is 13.2 Å². The zero-order valence-corrected chi connectivity index (χ0v) is 15.8. The van der Waals surface area contributed by atoms with Gasteiger partial charge in [-0.15, -0.1) is 35.3 Å². The Labute approximate surface area is 149 Å². The van der Waals surface area contributed by atoms with Gasteiger partial charge < -0.3 is 10.2 Å². The van der Waals surface area contributed by atoms with Gasteiger partial charge in [-0.2, -0.15) is 13.2 Å². The second-order valence-electron chi connectivity index (χ2n) is 5.86. The Balaban J connectivity index is 0.00000242. The van der Waals surface area contributed by atoms with Crippen molar-refractivity contribution >= 4 is 41.3 Å². The number of hydrogen-bond acceptors (Lipinski definition) is 3. The Kier molecular flexibility index (Phi) is 6.48. The van der Waals surface area contributed by atoms with Crippen LogP contribution in [0.2, 0.25) is 0 Å². The van der Waals surface area contributed by atoms with Gasteiger partial charge in [-0.1, -0.05) is 13.8 Å². The van der Waals surface area contributed by atoms with E-state index in [4.69, 9.17) is 0 Å². The molecule has 0 aliphatic carbocycles. The molecule has 2 rings (SSSR count). The summed E-state index contributed by atoms with van der Waals surface area (Å²) >= 11 is 1.00. The quantitative estimate of drug-likeness (QED) is 0.427. The van der Waals surface area contributed by atoms with E-state index in [1.807, 2.05) is 0 Å². The van der Waals surface area contributed by atoms with E-state index in [0.29, 0.717) is 11.0 Å². The molecule has 4 nitrogen and oxygen atoms in total. The maximum Gasteiger partial charge on any atom is 0.434 e. The summed E-state index contributed by atoms with van der Waals surface area (Å²) in [6, 6.07) is 0. The number of thiazole rings is 1. The molecule has 0 saturated carbocycles. The van der Waals surface area contributed by atoms with Gasteiger partial charge in [0.25, 0.3) is 0 Å². The van der Waals surface area contributed by atoms with Crippen LogP contribution in [0.3, 0.4) is 0 Å². The van der Waals surface area contributed by atoms with Crippen molar-refractivity contribution in [2.24, 2.45) is 10.4 Å². The van der Waals surface area contributed by atoms with E-state index in [1.165, 1.54) is 0 Å². The topological polar surface area (TPSA) is 40.5 Å². The zero-order valence-electron chi connectivity index (χ0n) is 12.7. The van der Waals surface area contributed by atoms with Crippen molar-refractivity contribution in [1.29, 1.82) is 0 Å². The summed E-state index contributed by atoms with van der Waals surface area (Å²) in [6.07, 6.45) is -3.31. The maximum atomic E-state index is 12.5. The monoisotopic (exact) mass is 448 g/mol. The van der Waals surface area contributed by atoms with Crippen molar-refractivity contribution in [2.75, 3.05) is 20.1 Å². The van der Waals surface area contributed by atoms with E-state index in [1.54, 1.807) is 7.05 Å². The lowest BCUT2D eigenvalue weighted by Crippen LogP contribution is -2.40. The SMILES string of the molecule is CN=C(NCc1nc(C(F)(F)F)cs1)N1CCC(C)(C)C1.I. The van der Waals surface area contributed by atoms with Crippen LogP contribution < -0.4 is 5.32 Å². The Hall–Kier alpha value is -0.580. The van der Waals surface area contributed by atoms with E-state index in [2.05, 4.69) is 34.0 Å². The minimum absolute atomic E-state index is 0. The highest BCUT2D eigenvalue weighted by atomic mass is 127. The molecule has 0 bridgehead atoms. The molecule has 126 valence electrons. The van der Waals surface area contributed by atoms with E-state index in [0.717, 1.165) is 36.2 Å². The lowest BCUT2D eigenvalue weighted by Gasteiger charge is -2.23. The normalized spacial score (nSPS) is 18.3. The van der Waals surface area contributed by atoms with E-state index >= 15 is 0 Å². The molecule has 0 radical (unpaired) electrons. The summed E-state index contributed by atoms with van der Waals surface area (Å²) in [7, 11) is 1.68. The minimum Gasteiger partial charge on any atom is -0.350 e. The zero-order chi connectivity index (χ0) is 15.7. The molecule has 0 unspecified atom stereocenters. The molecule has 1 aliphatic rings. The predicted molar refractivity (Wildman–Crippen MR) is 92.7 cm³/mol. The molecule has 2 heterocycles. The number of rotatable bonds is 2. The number of guanidine groups is 1. The van der Waals surface area contributed by atoms with E-state index in [-0.39, 0.29) is 35.9 Å². The smallest absolute Gasteiger partial charge is 0.350 e. The van der Waals surface area contributed by atoms with E-state index < -0.39 is 11.9 Å². The molecule has 1 aromatic heterocycles. The summed E-state index contributed by atoms with van der Waals surface area (Å²) in [4.78, 5) is 9.92. The van der Waals surface area contributed by atoms with Crippen molar-refractivity contribution in [3.05, 3.63) is 16.1 Å². The third-order valence-corrected chi connectivity index (χ3v) is 4.28. The molecule has 22 heavy (non-hydrogen) atoms. The highest BCUT2D eigenvalue weighted by Gasteiger charge is 2.34. The van der Waals surface area contributed by atoms with Crippen LogP contribution >= 0.6 is 35.3 Å². The number of hydrogen-bond donors (Lipinski definition) is 1. The van der Waals surface area contributed by atoms with E-state index in [9.17, 15) is 13.2 Å². The molecule has 1 saturated heterocycles. The lowest BCUT2D eigenvalue weighted by molar-refractivity contribution is -0.140. The first-order chi connectivity index (χ1) is 9.71. The van der Waals surface area contributed by atoms with Gasteiger partial charge in [0, 0.05) is 25.5 Å². The molecule has 1 fully saturated rings. The third kappa shape index (κ3) is 4.97.